The molecule has 2 aliphatic rings. The summed E-state index contributed by atoms with van der Waals surface area (Å²) in [6.45, 7) is 5.27. The van der Waals surface area contributed by atoms with Crippen molar-refractivity contribution in [2.75, 3.05) is 61.2 Å². The molecule has 1 N–H and O–H groups in total. The number of likely N-dealkylation sites (N-methyl/N-ethyl adjacent to an activating group) is 2. The molecule has 1 saturated heterocycles. The predicted molar refractivity (Wildman–Crippen MR) is 115 cm³/mol. The smallest absolute Gasteiger partial charge is 0.231 e. The molecule has 0 amide bonds. The Morgan fingerprint density at radius 3 is 2.81 bits per heavy atom. The van der Waals surface area contributed by atoms with Crippen LogP contribution in [-0.2, 0) is 6.54 Å². The molecule has 1 aromatic rings. The Hall–Kier alpha value is -1.26. The second kappa shape index (κ2) is 9.61. The van der Waals surface area contributed by atoms with Crippen molar-refractivity contribution in [1.82, 2.24) is 20.0 Å². The summed E-state index contributed by atoms with van der Waals surface area (Å²) in [5.41, 5.74) is 1.17. The maximum atomic E-state index is 5.46. The third-order valence-corrected chi connectivity index (χ3v) is 4.91. The summed E-state index contributed by atoms with van der Waals surface area (Å²) in [4.78, 5) is 11.4. The molecule has 1 aromatic carbocycles. The van der Waals surface area contributed by atoms with E-state index in [0.717, 1.165) is 50.2 Å². The molecular weight excluding hydrogens is 445 g/mol. The summed E-state index contributed by atoms with van der Waals surface area (Å²) in [6, 6.07) is 6.57. The van der Waals surface area contributed by atoms with Gasteiger partial charge in [-0.25, -0.2) is 0 Å². The van der Waals surface area contributed by atoms with E-state index < -0.39 is 0 Å². The number of aliphatic imine (C=N–C) groups is 1. The molecular formula is C18H30IN5O2. The minimum atomic E-state index is 0. The van der Waals surface area contributed by atoms with Crippen LogP contribution in [0.15, 0.2) is 23.2 Å². The topological polar surface area (TPSA) is 52.6 Å². The molecule has 0 aromatic heterocycles. The lowest BCUT2D eigenvalue weighted by molar-refractivity contribution is 0.116. The largest absolute Gasteiger partial charge is 0.454 e. The molecule has 2 aliphatic heterocycles. The average molecular weight is 475 g/mol. The first-order valence-corrected chi connectivity index (χ1v) is 8.76. The van der Waals surface area contributed by atoms with Gasteiger partial charge in [0.15, 0.2) is 17.5 Å². The van der Waals surface area contributed by atoms with Gasteiger partial charge in [-0.05, 0) is 31.8 Å². The van der Waals surface area contributed by atoms with E-state index in [0.29, 0.717) is 12.8 Å². The highest BCUT2D eigenvalue weighted by Crippen LogP contribution is 2.32. The number of halogens is 1. The molecule has 26 heavy (non-hydrogen) atoms. The van der Waals surface area contributed by atoms with E-state index in [1.54, 1.807) is 0 Å². The van der Waals surface area contributed by atoms with Crippen molar-refractivity contribution in [3.8, 4) is 11.5 Å². The number of nitrogens with one attached hydrogen (secondary N) is 1. The number of rotatable bonds is 4. The maximum absolute atomic E-state index is 5.46. The van der Waals surface area contributed by atoms with E-state index in [1.165, 1.54) is 5.56 Å². The highest BCUT2D eigenvalue weighted by Gasteiger charge is 2.22. The van der Waals surface area contributed by atoms with E-state index in [9.17, 15) is 0 Å². The first kappa shape index (κ1) is 21.0. The molecule has 0 radical (unpaired) electrons. The monoisotopic (exact) mass is 475 g/mol. The number of hydrogen-bond acceptors (Lipinski definition) is 5. The van der Waals surface area contributed by atoms with Gasteiger partial charge < -0.3 is 24.6 Å². The molecule has 1 atom stereocenters. The minimum absolute atomic E-state index is 0. The Morgan fingerprint density at radius 2 is 2.04 bits per heavy atom. The van der Waals surface area contributed by atoms with Crippen LogP contribution in [0.2, 0.25) is 0 Å². The number of nitrogens with zero attached hydrogens (tertiary/aromatic N) is 4. The Balaban J connectivity index is 0.00000243. The lowest BCUT2D eigenvalue weighted by atomic mass is 10.2. The third-order valence-electron chi connectivity index (χ3n) is 4.91. The van der Waals surface area contributed by atoms with Crippen molar-refractivity contribution in [3.63, 3.8) is 0 Å². The number of piperazine rings is 1. The van der Waals surface area contributed by atoms with Gasteiger partial charge in [-0.15, -0.1) is 24.0 Å². The fraction of sp³-hybridized carbons (Fsp3) is 0.611. The second-order valence-electron chi connectivity index (χ2n) is 6.87. The Morgan fingerprint density at radius 1 is 1.27 bits per heavy atom. The summed E-state index contributed by atoms with van der Waals surface area (Å²) >= 11 is 0. The summed E-state index contributed by atoms with van der Waals surface area (Å²) in [5.74, 6) is 2.54. The zero-order chi connectivity index (χ0) is 17.8. The fourth-order valence-electron chi connectivity index (χ4n) is 3.30. The van der Waals surface area contributed by atoms with Crippen LogP contribution in [-0.4, -0.2) is 87.9 Å². The number of hydrogen-bond donors (Lipinski definition) is 1. The summed E-state index contributed by atoms with van der Waals surface area (Å²) in [5, 5.41) is 3.51. The van der Waals surface area contributed by atoms with Crippen molar-refractivity contribution in [1.29, 1.82) is 0 Å². The lowest BCUT2D eigenvalue weighted by Gasteiger charge is -2.38. The van der Waals surface area contributed by atoms with E-state index in [-0.39, 0.29) is 24.0 Å². The number of benzene rings is 1. The fourth-order valence-corrected chi connectivity index (χ4v) is 3.30. The van der Waals surface area contributed by atoms with Gasteiger partial charge in [0.25, 0.3) is 0 Å². The SMILES string of the molecule is CN=C(NCC1CN(C)CCN1C)N(C)Cc1ccc2c(c1)OCO2.I. The van der Waals surface area contributed by atoms with E-state index in [2.05, 4.69) is 52.2 Å². The molecule has 2 heterocycles. The normalized spacial score (nSPS) is 20.6. The van der Waals surface area contributed by atoms with Gasteiger partial charge in [0, 0.05) is 52.9 Å². The number of ether oxygens (including phenoxy) is 2. The molecule has 0 aliphatic carbocycles. The number of fused-ring (bicyclic) bond motifs is 1. The summed E-state index contributed by atoms with van der Waals surface area (Å²) in [6.07, 6.45) is 0. The molecule has 7 nitrogen and oxygen atoms in total. The molecule has 8 heteroatoms. The van der Waals surface area contributed by atoms with Crippen LogP contribution in [0, 0.1) is 0 Å². The average Bonchev–Trinajstić information content (AvgIpc) is 3.06. The predicted octanol–water partition coefficient (Wildman–Crippen LogP) is 1.29. The van der Waals surface area contributed by atoms with Crippen LogP contribution < -0.4 is 14.8 Å². The van der Waals surface area contributed by atoms with Crippen LogP contribution in [0.25, 0.3) is 0 Å². The van der Waals surface area contributed by atoms with Crippen LogP contribution in [0.3, 0.4) is 0 Å². The van der Waals surface area contributed by atoms with Gasteiger partial charge in [0.1, 0.15) is 0 Å². The Labute approximate surface area is 173 Å². The van der Waals surface area contributed by atoms with E-state index >= 15 is 0 Å². The Bertz CT molecular complexity index is 628. The maximum Gasteiger partial charge on any atom is 0.231 e. The van der Waals surface area contributed by atoms with Gasteiger partial charge in [-0.1, -0.05) is 6.07 Å². The van der Waals surface area contributed by atoms with E-state index in [1.807, 2.05) is 19.2 Å². The highest BCUT2D eigenvalue weighted by molar-refractivity contribution is 14.0. The second-order valence-corrected chi connectivity index (χ2v) is 6.87. The summed E-state index contributed by atoms with van der Waals surface area (Å²) in [7, 11) is 8.25. The molecule has 1 unspecified atom stereocenters. The lowest BCUT2D eigenvalue weighted by Crippen LogP contribution is -2.55. The standard InChI is InChI=1S/C18H29N5O2.HI/c1-19-18(20-10-15-12-21(2)7-8-22(15)3)23(4)11-14-5-6-16-17(9-14)25-13-24-16;/h5-6,9,15H,7-8,10-13H2,1-4H3,(H,19,20);1H. The first-order valence-electron chi connectivity index (χ1n) is 8.76. The van der Waals surface area contributed by atoms with Crippen molar-refractivity contribution in [2.24, 2.45) is 4.99 Å². The highest BCUT2D eigenvalue weighted by atomic mass is 127. The van der Waals surface area contributed by atoms with Crippen LogP contribution in [0.1, 0.15) is 5.56 Å². The quantitative estimate of drug-likeness (QED) is 0.403. The zero-order valence-electron chi connectivity index (χ0n) is 16.1. The molecule has 0 saturated carbocycles. The molecule has 3 rings (SSSR count). The van der Waals surface area contributed by atoms with Gasteiger partial charge in [0.05, 0.1) is 0 Å². The minimum Gasteiger partial charge on any atom is -0.454 e. The molecule has 146 valence electrons. The van der Waals surface area contributed by atoms with Gasteiger partial charge in [-0.2, -0.15) is 0 Å². The van der Waals surface area contributed by atoms with Crippen LogP contribution >= 0.6 is 24.0 Å². The Kier molecular flexibility index (Phi) is 7.78. The molecule has 1 fully saturated rings. The molecule has 0 bridgehead atoms. The van der Waals surface area contributed by atoms with Gasteiger partial charge in [-0.3, -0.25) is 9.89 Å². The van der Waals surface area contributed by atoms with Crippen molar-refractivity contribution in [2.45, 2.75) is 12.6 Å². The summed E-state index contributed by atoms with van der Waals surface area (Å²) < 4.78 is 10.8. The van der Waals surface area contributed by atoms with Crippen molar-refractivity contribution >= 4 is 29.9 Å². The molecule has 0 spiro atoms. The zero-order valence-corrected chi connectivity index (χ0v) is 18.4. The first-order chi connectivity index (χ1) is 12.1. The van der Waals surface area contributed by atoms with Crippen LogP contribution in [0.5, 0.6) is 11.5 Å². The van der Waals surface area contributed by atoms with Crippen LogP contribution in [0.4, 0.5) is 0 Å². The van der Waals surface area contributed by atoms with Crippen molar-refractivity contribution < 1.29 is 9.47 Å². The van der Waals surface area contributed by atoms with Gasteiger partial charge in [0.2, 0.25) is 6.79 Å². The van der Waals surface area contributed by atoms with Gasteiger partial charge >= 0.3 is 0 Å². The van der Waals surface area contributed by atoms with E-state index in [4.69, 9.17) is 9.47 Å². The third kappa shape index (κ3) is 5.14. The van der Waals surface area contributed by atoms with Crippen molar-refractivity contribution in [3.05, 3.63) is 23.8 Å². The number of guanidine groups is 1.